The Labute approximate surface area is 166 Å². The van der Waals surface area contributed by atoms with Gasteiger partial charge in [0.2, 0.25) is 0 Å². The summed E-state index contributed by atoms with van der Waals surface area (Å²) >= 11 is 11.1. The van der Waals surface area contributed by atoms with Gasteiger partial charge in [-0.2, -0.15) is 0 Å². The molecule has 3 rings (SSSR count). The molecule has 1 N–H and O–H groups in total. The lowest BCUT2D eigenvalue weighted by Gasteiger charge is -2.29. The van der Waals surface area contributed by atoms with Crippen LogP contribution in [0.4, 0.5) is 5.69 Å². The van der Waals surface area contributed by atoms with Crippen LogP contribution in [0.15, 0.2) is 48.0 Å². The first-order chi connectivity index (χ1) is 13.0. The number of rotatable bonds is 4. The molecular formula is C19H15ClN2O4S. The van der Waals surface area contributed by atoms with Gasteiger partial charge in [-0.3, -0.25) is 19.8 Å². The maximum Gasteiger partial charge on any atom is 0.270 e. The topological polar surface area (TPSA) is 67.9 Å². The molecule has 1 saturated heterocycles. The van der Waals surface area contributed by atoms with Crippen molar-refractivity contribution in [3.63, 3.8) is 0 Å². The Morgan fingerprint density at radius 2 is 1.78 bits per heavy atom. The Morgan fingerprint density at radius 3 is 2.41 bits per heavy atom. The fourth-order valence-corrected chi connectivity index (χ4v) is 3.07. The molecule has 8 heteroatoms. The summed E-state index contributed by atoms with van der Waals surface area (Å²) < 4.78 is 10.6. The number of nitrogens with zero attached hydrogens (tertiary/aromatic N) is 1. The van der Waals surface area contributed by atoms with Gasteiger partial charge in [0.1, 0.15) is 5.57 Å². The number of anilines is 1. The fourth-order valence-electron chi connectivity index (χ4n) is 2.66. The summed E-state index contributed by atoms with van der Waals surface area (Å²) in [6.07, 6.45) is 1.45. The molecule has 0 bridgehead atoms. The minimum absolute atomic E-state index is 0.00193. The van der Waals surface area contributed by atoms with E-state index in [1.165, 1.54) is 25.2 Å². The van der Waals surface area contributed by atoms with Gasteiger partial charge in [0.05, 0.1) is 19.9 Å². The average molecular weight is 403 g/mol. The standard InChI is InChI=1S/C19H15ClN2O4S/c1-25-15-5-3-4-11(16(15)26-2)10-14-17(23)21-19(27)22(18(14)24)13-8-6-12(20)7-9-13/h3-10H,1-2H3,(H,21,23,27)/b14-10+. The molecule has 2 aromatic carbocycles. The second-order valence-electron chi connectivity index (χ2n) is 5.52. The van der Waals surface area contributed by atoms with Crippen LogP contribution in [-0.2, 0) is 9.59 Å². The second kappa shape index (κ2) is 7.77. The lowest BCUT2D eigenvalue weighted by molar-refractivity contribution is -0.122. The highest BCUT2D eigenvalue weighted by atomic mass is 35.5. The number of thiocarbonyl (C=S) groups is 1. The summed E-state index contributed by atoms with van der Waals surface area (Å²) in [6, 6.07) is 11.7. The van der Waals surface area contributed by atoms with Crippen molar-refractivity contribution in [1.82, 2.24) is 5.32 Å². The summed E-state index contributed by atoms with van der Waals surface area (Å²) in [4.78, 5) is 26.6. The molecule has 0 aromatic heterocycles. The van der Waals surface area contributed by atoms with Gasteiger partial charge in [0.25, 0.3) is 11.8 Å². The van der Waals surface area contributed by atoms with Crippen LogP contribution in [0.1, 0.15) is 5.56 Å². The van der Waals surface area contributed by atoms with Gasteiger partial charge >= 0.3 is 0 Å². The molecule has 1 aliphatic heterocycles. The number of hydrogen-bond acceptors (Lipinski definition) is 5. The second-order valence-corrected chi connectivity index (χ2v) is 6.34. The third-order valence-electron chi connectivity index (χ3n) is 3.92. The van der Waals surface area contributed by atoms with Gasteiger partial charge in [0.15, 0.2) is 16.6 Å². The summed E-state index contributed by atoms with van der Waals surface area (Å²) in [6.45, 7) is 0. The minimum Gasteiger partial charge on any atom is -0.493 e. The van der Waals surface area contributed by atoms with Crippen molar-refractivity contribution < 1.29 is 19.1 Å². The summed E-state index contributed by atoms with van der Waals surface area (Å²) in [7, 11) is 2.99. The van der Waals surface area contributed by atoms with Gasteiger partial charge in [-0.15, -0.1) is 0 Å². The van der Waals surface area contributed by atoms with Crippen LogP contribution in [0.5, 0.6) is 11.5 Å². The maximum absolute atomic E-state index is 13.0. The zero-order valence-corrected chi connectivity index (χ0v) is 16.1. The molecule has 0 unspecified atom stereocenters. The number of carbonyl (C=O) groups excluding carboxylic acids is 2. The zero-order chi connectivity index (χ0) is 19.6. The van der Waals surface area contributed by atoms with E-state index in [-0.39, 0.29) is 10.7 Å². The van der Waals surface area contributed by atoms with E-state index in [4.69, 9.17) is 33.3 Å². The van der Waals surface area contributed by atoms with Crippen molar-refractivity contribution in [2.24, 2.45) is 0 Å². The fraction of sp³-hybridized carbons (Fsp3) is 0.105. The number of carbonyl (C=O) groups is 2. The van der Waals surface area contributed by atoms with Crippen molar-refractivity contribution in [3.8, 4) is 11.5 Å². The molecule has 0 spiro atoms. The predicted octanol–water partition coefficient (Wildman–Crippen LogP) is 3.19. The number of amides is 2. The van der Waals surface area contributed by atoms with E-state index in [9.17, 15) is 9.59 Å². The average Bonchev–Trinajstić information content (AvgIpc) is 2.66. The molecular weight excluding hydrogens is 388 g/mol. The molecule has 1 heterocycles. The van der Waals surface area contributed by atoms with Gasteiger partial charge < -0.3 is 9.47 Å². The van der Waals surface area contributed by atoms with Crippen molar-refractivity contribution in [1.29, 1.82) is 0 Å². The van der Waals surface area contributed by atoms with E-state index in [0.29, 0.717) is 27.8 Å². The van der Waals surface area contributed by atoms with Gasteiger partial charge in [0, 0.05) is 10.6 Å². The number of methoxy groups -OCH3 is 2. The van der Waals surface area contributed by atoms with Crippen LogP contribution in [-0.4, -0.2) is 31.1 Å². The number of hydrogen-bond donors (Lipinski definition) is 1. The Bertz CT molecular complexity index is 957. The Kier molecular flexibility index (Phi) is 5.43. The van der Waals surface area contributed by atoms with Crippen molar-refractivity contribution in [2.75, 3.05) is 19.1 Å². The van der Waals surface area contributed by atoms with Gasteiger partial charge in [-0.25, -0.2) is 0 Å². The highest BCUT2D eigenvalue weighted by Crippen LogP contribution is 2.33. The quantitative estimate of drug-likeness (QED) is 0.483. The number of nitrogens with one attached hydrogen (secondary N) is 1. The predicted molar refractivity (Wildman–Crippen MR) is 107 cm³/mol. The first-order valence-corrected chi connectivity index (χ1v) is 8.63. The molecule has 2 aromatic rings. The summed E-state index contributed by atoms with van der Waals surface area (Å²) in [5.41, 5.74) is 0.947. The highest BCUT2D eigenvalue weighted by molar-refractivity contribution is 7.80. The molecule has 138 valence electrons. The smallest absolute Gasteiger partial charge is 0.270 e. The van der Waals surface area contributed by atoms with Crippen molar-refractivity contribution >= 4 is 52.5 Å². The van der Waals surface area contributed by atoms with E-state index in [2.05, 4.69) is 5.32 Å². The SMILES string of the molecule is COc1cccc(/C=C2\C(=O)NC(=S)N(c3ccc(Cl)cc3)C2=O)c1OC. The Hall–Kier alpha value is -2.90. The van der Waals surface area contributed by atoms with Crippen molar-refractivity contribution in [2.45, 2.75) is 0 Å². The first kappa shape index (κ1) is 18.9. The first-order valence-electron chi connectivity index (χ1n) is 7.84. The van der Waals surface area contributed by atoms with Crippen molar-refractivity contribution in [3.05, 3.63) is 58.6 Å². The monoisotopic (exact) mass is 402 g/mol. The molecule has 27 heavy (non-hydrogen) atoms. The van der Waals surface area contributed by atoms with E-state index < -0.39 is 11.8 Å². The molecule has 0 radical (unpaired) electrons. The van der Waals surface area contributed by atoms with Crippen LogP contribution in [0, 0.1) is 0 Å². The maximum atomic E-state index is 13.0. The van der Waals surface area contributed by atoms with Crippen LogP contribution in [0.3, 0.4) is 0 Å². The summed E-state index contributed by atoms with van der Waals surface area (Å²) in [5.74, 6) is -0.226. The van der Waals surface area contributed by atoms with Crippen LogP contribution >= 0.6 is 23.8 Å². The van der Waals surface area contributed by atoms with Crippen LogP contribution in [0.25, 0.3) is 6.08 Å². The zero-order valence-electron chi connectivity index (χ0n) is 14.5. The lowest BCUT2D eigenvalue weighted by atomic mass is 10.1. The molecule has 6 nitrogen and oxygen atoms in total. The molecule has 0 aliphatic carbocycles. The van der Waals surface area contributed by atoms with Gasteiger partial charge in [-0.05, 0) is 48.6 Å². The molecule has 2 amide bonds. The lowest BCUT2D eigenvalue weighted by Crippen LogP contribution is -2.54. The minimum atomic E-state index is -0.583. The largest absolute Gasteiger partial charge is 0.493 e. The number of para-hydroxylation sites is 1. The van der Waals surface area contributed by atoms with E-state index >= 15 is 0 Å². The van der Waals surface area contributed by atoms with Crippen LogP contribution in [0.2, 0.25) is 5.02 Å². The third-order valence-corrected chi connectivity index (χ3v) is 4.46. The number of halogens is 1. The van der Waals surface area contributed by atoms with Crippen LogP contribution < -0.4 is 19.7 Å². The number of benzene rings is 2. The Balaban J connectivity index is 2.06. The number of ether oxygens (including phenoxy) is 2. The van der Waals surface area contributed by atoms with E-state index in [0.717, 1.165) is 0 Å². The highest BCUT2D eigenvalue weighted by Gasteiger charge is 2.34. The summed E-state index contributed by atoms with van der Waals surface area (Å²) in [5, 5.41) is 3.06. The van der Waals surface area contributed by atoms with E-state index in [1.54, 1.807) is 42.5 Å². The molecule has 0 saturated carbocycles. The normalized spacial score (nSPS) is 15.7. The Morgan fingerprint density at radius 1 is 1.07 bits per heavy atom. The van der Waals surface area contributed by atoms with Gasteiger partial charge in [-0.1, -0.05) is 23.7 Å². The molecule has 0 atom stereocenters. The molecule has 1 aliphatic rings. The third kappa shape index (κ3) is 3.65. The molecule has 1 fully saturated rings. The van der Waals surface area contributed by atoms with E-state index in [1.807, 2.05) is 0 Å².